The van der Waals surface area contributed by atoms with Crippen LogP contribution in [0.2, 0.25) is 0 Å². The van der Waals surface area contributed by atoms with E-state index in [0.29, 0.717) is 79.3 Å². The average Bonchev–Trinajstić information content (AvgIpc) is 3.21. The van der Waals surface area contributed by atoms with Gasteiger partial charge in [-0.3, -0.25) is 14.4 Å². The Morgan fingerprint density at radius 3 is 2.07 bits per heavy atom. The summed E-state index contributed by atoms with van der Waals surface area (Å²) in [6, 6.07) is 7.01. The third-order valence-corrected chi connectivity index (χ3v) is 11.3. The number of carbonyl (C=O) groups excluding carboxylic acids is 4. The lowest BCUT2D eigenvalue weighted by Gasteiger charge is -2.65. The number of hydrogen-bond acceptors (Lipinski definition) is 4. The van der Waals surface area contributed by atoms with E-state index in [0.717, 1.165) is 38.5 Å². The summed E-state index contributed by atoms with van der Waals surface area (Å²) < 4.78 is 0. The topological polar surface area (TPSA) is 102 Å². The Kier molecular flexibility index (Phi) is 8.50. The second-order valence-corrected chi connectivity index (χ2v) is 15.8. The zero-order chi connectivity index (χ0) is 32.0. The van der Waals surface area contributed by atoms with Crippen LogP contribution in [0.15, 0.2) is 36.4 Å². The number of hydrogen-bond donors (Lipinski definition) is 2. The molecular formula is C36H51N5O4. The highest BCUT2D eigenvalue weighted by molar-refractivity contribution is 5.96. The van der Waals surface area contributed by atoms with Crippen molar-refractivity contribution < 1.29 is 19.2 Å². The molecule has 6 fully saturated rings. The number of carbonyl (C=O) groups is 4. The first-order chi connectivity index (χ1) is 21.3. The number of likely N-dealkylation sites (tertiary alicyclic amines) is 1. The summed E-state index contributed by atoms with van der Waals surface area (Å²) in [5, 5.41) is 6.41. The number of nitrogens with zero attached hydrogens (tertiary/aromatic N) is 3. The molecule has 0 radical (unpaired) electrons. The molecule has 2 aliphatic heterocycles. The highest BCUT2D eigenvalue weighted by Gasteiger charge is 2.60. The number of urea groups is 1. The summed E-state index contributed by atoms with van der Waals surface area (Å²) in [6.45, 7) is 13.9. The molecule has 4 atom stereocenters. The van der Waals surface area contributed by atoms with Crippen LogP contribution in [0.25, 0.3) is 0 Å². The van der Waals surface area contributed by atoms with Crippen LogP contribution >= 0.6 is 0 Å². The van der Waals surface area contributed by atoms with Crippen molar-refractivity contribution in [2.45, 2.75) is 90.5 Å². The zero-order valence-electron chi connectivity index (χ0n) is 27.5. The molecule has 2 unspecified atom stereocenters. The predicted molar refractivity (Wildman–Crippen MR) is 175 cm³/mol. The van der Waals surface area contributed by atoms with E-state index in [4.69, 9.17) is 0 Å². The summed E-state index contributed by atoms with van der Waals surface area (Å²) in [7, 11) is 0. The lowest BCUT2D eigenvalue weighted by molar-refractivity contribution is -0.133. The van der Waals surface area contributed by atoms with Gasteiger partial charge in [-0.1, -0.05) is 20.4 Å². The maximum Gasteiger partial charge on any atom is 0.319 e. The van der Waals surface area contributed by atoms with Crippen LogP contribution in [0.4, 0.5) is 10.5 Å². The largest absolute Gasteiger partial charge is 0.341 e. The van der Waals surface area contributed by atoms with Crippen molar-refractivity contribution in [3.05, 3.63) is 42.0 Å². The molecule has 1 aromatic carbocycles. The third kappa shape index (κ3) is 6.92. The van der Waals surface area contributed by atoms with Gasteiger partial charge in [-0.25, -0.2) is 4.79 Å². The summed E-state index contributed by atoms with van der Waals surface area (Å²) >= 11 is 0. The molecule has 1 aromatic rings. The van der Waals surface area contributed by atoms with E-state index in [2.05, 4.69) is 31.1 Å². The molecule has 9 heteroatoms. The fourth-order valence-electron chi connectivity index (χ4n) is 10.2. The maximum absolute atomic E-state index is 13.4. The molecule has 2 heterocycles. The van der Waals surface area contributed by atoms with Crippen LogP contribution < -0.4 is 10.6 Å². The SMILES string of the molecule is C=C(C)C(=O)N1CCC(CC(=O)N2CCCN(C(=O)c3ccc(NC(=O)NC45CC6C[C@@](C)(C4)C[C@](C)(C6)C5)cc3)CC2)CC1. The molecule has 7 rings (SSSR count). The van der Waals surface area contributed by atoms with E-state index < -0.39 is 0 Å². The van der Waals surface area contributed by atoms with E-state index in [9.17, 15) is 19.2 Å². The number of nitrogens with one attached hydrogen (secondary N) is 2. The standard InChI is InChI=1S/C36H51N5O4/c1-25(2)31(43)41-14-10-26(11-15-41)18-30(42)39-12-5-13-40(17-16-39)32(44)28-6-8-29(9-7-28)37-33(45)38-36-21-27-19-34(3,23-36)22-35(4,20-27)24-36/h6-9,26-27H,1,5,10-24H2,2-4H3,(H2,37,38,45)/t27?,34-,35+,36?. The fourth-order valence-corrected chi connectivity index (χ4v) is 10.2. The van der Waals surface area contributed by atoms with Gasteiger partial charge in [0, 0.05) is 68.1 Å². The molecule has 5 amide bonds. The van der Waals surface area contributed by atoms with Crippen LogP contribution in [0.1, 0.15) is 95.3 Å². The molecule has 244 valence electrons. The smallest absolute Gasteiger partial charge is 0.319 e. The van der Waals surface area contributed by atoms with Crippen molar-refractivity contribution in [2.75, 3.05) is 44.6 Å². The van der Waals surface area contributed by atoms with Gasteiger partial charge in [-0.15, -0.1) is 0 Å². The monoisotopic (exact) mass is 617 g/mol. The highest BCUT2D eigenvalue weighted by Crippen LogP contribution is 2.66. The zero-order valence-corrected chi connectivity index (χ0v) is 27.5. The van der Waals surface area contributed by atoms with Crippen LogP contribution in [0.3, 0.4) is 0 Å². The molecule has 6 aliphatic rings. The second kappa shape index (κ2) is 12.1. The first-order valence-electron chi connectivity index (χ1n) is 17.0. The second-order valence-electron chi connectivity index (χ2n) is 15.8. The summed E-state index contributed by atoms with van der Waals surface area (Å²) in [4.78, 5) is 57.4. The van der Waals surface area contributed by atoms with Crippen molar-refractivity contribution >= 4 is 29.4 Å². The quantitative estimate of drug-likeness (QED) is 0.416. The van der Waals surface area contributed by atoms with Gasteiger partial charge in [-0.2, -0.15) is 0 Å². The molecule has 9 nitrogen and oxygen atoms in total. The lowest BCUT2D eigenvalue weighted by Crippen LogP contribution is -2.65. The van der Waals surface area contributed by atoms with Crippen LogP contribution in [-0.2, 0) is 9.59 Å². The Morgan fingerprint density at radius 2 is 1.44 bits per heavy atom. The summed E-state index contributed by atoms with van der Waals surface area (Å²) in [5.74, 6) is 1.07. The van der Waals surface area contributed by atoms with Crippen molar-refractivity contribution in [2.24, 2.45) is 22.7 Å². The number of anilines is 1. The predicted octanol–water partition coefficient (Wildman–Crippen LogP) is 5.44. The molecule has 2 saturated heterocycles. The molecule has 0 spiro atoms. The van der Waals surface area contributed by atoms with Crippen molar-refractivity contribution in [1.82, 2.24) is 20.0 Å². The van der Waals surface area contributed by atoms with Crippen molar-refractivity contribution in [3.8, 4) is 0 Å². The molecule has 4 saturated carbocycles. The van der Waals surface area contributed by atoms with Gasteiger partial charge in [0.05, 0.1) is 0 Å². The minimum absolute atomic E-state index is 0.00456. The minimum atomic E-state index is -0.161. The third-order valence-electron chi connectivity index (χ3n) is 11.3. The van der Waals surface area contributed by atoms with E-state index in [1.54, 1.807) is 31.2 Å². The van der Waals surface area contributed by atoms with Crippen LogP contribution in [0.5, 0.6) is 0 Å². The Bertz CT molecular complexity index is 1330. The molecule has 45 heavy (non-hydrogen) atoms. The van der Waals surface area contributed by atoms with Crippen molar-refractivity contribution in [3.63, 3.8) is 0 Å². The van der Waals surface area contributed by atoms with E-state index in [1.165, 1.54) is 19.3 Å². The first kappa shape index (κ1) is 31.6. The fraction of sp³-hybridized carbons (Fsp3) is 0.667. The van der Waals surface area contributed by atoms with E-state index in [-0.39, 0.29) is 35.2 Å². The normalized spacial score (nSPS) is 31.4. The number of rotatable bonds is 6. The maximum atomic E-state index is 13.4. The Hall–Kier alpha value is -3.36. The molecule has 4 aliphatic carbocycles. The van der Waals surface area contributed by atoms with Crippen LogP contribution in [-0.4, -0.2) is 83.3 Å². The molecular weight excluding hydrogens is 566 g/mol. The van der Waals surface area contributed by atoms with Gasteiger partial charge in [0.25, 0.3) is 5.91 Å². The van der Waals surface area contributed by atoms with Gasteiger partial charge in [-0.05, 0) is 112 Å². The number of benzene rings is 1. The Morgan fingerprint density at radius 1 is 0.822 bits per heavy atom. The molecule has 4 bridgehead atoms. The van der Waals surface area contributed by atoms with Gasteiger partial charge in [0.2, 0.25) is 11.8 Å². The summed E-state index contributed by atoms with van der Waals surface area (Å²) in [5.41, 5.74) is 2.35. The lowest BCUT2D eigenvalue weighted by atomic mass is 9.43. The average molecular weight is 618 g/mol. The van der Waals surface area contributed by atoms with Gasteiger partial charge in [0.15, 0.2) is 0 Å². The van der Waals surface area contributed by atoms with E-state index >= 15 is 0 Å². The number of piperidine rings is 1. The van der Waals surface area contributed by atoms with Crippen LogP contribution in [0, 0.1) is 22.7 Å². The Labute approximate surface area is 268 Å². The van der Waals surface area contributed by atoms with Gasteiger partial charge >= 0.3 is 6.03 Å². The number of amides is 5. The van der Waals surface area contributed by atoms with Gasteiger partial charge in [0.1, 0.15) is 0 Å². The summed E-state index contributed by atoms with van der Waals surface area (Å²) in [6.07, 6.45) is 9.92. The van der Waals surface area contributed by atoms with E-state index in [1.807, 2.05) is 14.7 Å². The molecule has 2 N–H and O–H groups in total. The minimum Gasteiger partial charge on any atom is -0.341 e. The molecule has 0 aromatic heterocycles. The highest BCUT2D eigenvalue weighted by atomic mass is 16.2. The first-order valence-corrected chi connectivity index (χ1v) is 17.0. The van der Waals surface area contributed by atoms with Gasteiger partial charge < -0.3 is 25.3 Å². The van der Waals surface area contributed by atoms with Crippen molar-refractivity contribution in [1.29, 1.82) is 0 Å². The Balaban J connectivity index is 0.969.